The highest BCUT2D eigenvalue weighted by molar-refractivity contribution is 6.74. The molecule has 10 heteroatoms. The lowest BCUT2D eigenvalue weighted by atomic mass is 9.89. The maximum Gasteiger partial charge on any atom is 0.321 e. The summed E-state index contributed by atoms with van der Waals surface area (Å²) in [7, 11) is -0.495. The molecule has 0 aromatic heterocycles. The smallest absolute Gasteiger partial charge is 0.321 e. The van der Waals surface area contributed by atoms with E-state index in [-0.39, 0.29) is 54.9 Å². The molecule has 49 heavy (non-hydrogen) atoms. The Bertz CT molecular complexity index is 1640. The maximum atomic E-state index is 15.3. The zero-order valence-electron chi connectivity index (χ0n) is 29.5. The molecule has 2 aliphatic heterocycles. The summed E-state index contributed by atoms with van der Waals surface area (Å²) < 4.78 is 42.1. The third-order valence-electron chi connectivity index (χ3n) is 10.5. The number of hydrogen-bond acceptors (Lipinski definition) is 5. The quantitative estimate of drug-likeness (QED) is 0.160. The summed E-state index contributed by atoms with van der Waals surface area (Å²) >= 11 is 0. The van der Waals surface area contributed by atoms with Crippen molar-refractivity contribution in [2.45, 2.75) is 69.9 Å². The van der Waals surface area contributed by atoms with Gasteiger partial charge in [0.1, 0.15) is 23.8 Å². The first-order chi connectivity index (χ1) is 23.2. The normalized spacial score (nSPS) is 19.1. The Morgan fingerprint density at radius 3 is 2.22 bits per heavy atom. The fourth-order valence-corrected chi connectivity index (χ4v) is 7.34. The molecule has 2 amide bonds. The summed E-state index contributed by atoms with van der Waals surface area (Å²) in [5, 5.41) is -0.0851. The van der Waals surface area contributed by atoms with Gasteiger partial charge in [0.25, 0.3) is 0 Å². The van der Waals surface area contributed by atoms with Gasteiger partial charge in [-0.2, -0.15) is 0 Å². The molecule has 262 valence electrons. The van der Waals surface area contributed by atoms with Crippen LogP contribution >= 0.6 is 0 Å². The molecule has 1 atom stereocenters. The van der Waals surface area contributed by atoms with Crippen LogP contribution in [0.3, 0.4) is 0 Å². The van der Waals surface area contributed by atoms with E-state index in [4.69, 9.17) is 9.16 Å². The number of halogens is 2. The van der Waals surface area contributed by atoms with E-state index in [1.165, 1.54) is 6.07 Å². The number of piperidine rings is 1. The van der Waals surface area contributed by atoms with Crippen molar-refractivity contribution in [2.75, 3.05) is 39.8 Å². The summed E-state index contributed by atoms with van der Waals surface area (Å²) in [6.45, 7) is 12.8. The average molecular weight is 690 g/mol. The standard InChI is InChI=1S/C39H49F2N3O4Si/c1-38(2,3)49(5,6)48-28-39(31-15-11-8-12-16-31)24-30(34-23-32(40)17-18-35(34)41)25-44(39)37(46)42(4)33-19-21-43(22-20-33)26-36(45)47-27-29-13-9-7-10-14-29/h7-18,23-24,33H,19-22,25-28H2,1-6H3. The van der Waals surface area contributed by atoms with E-state index in [1.54, 1.807) is 9.80 Å². The predicted octanol–water partition coefficient (Wildman–Crippen LogP) is 7.84. The lowest BCUT2D eigenvalue weighted by Gasteiger charge is -2.45. The monoisotopic (exact) mass is 689 g/mol. The number of benzene rings is 3. The third kappa shape index (κ3) is 8.31. The lowest BCUT2D eigenvalue weighted by molar-refractivity contribution is -0.146. The number of likely N-dealkylation sites (tertiary alicyclic amines) is 1. The van der Waals surface area contributed by atoms with Crippen LogP contribution in [-0.2, 0) is 26.1 Å². The van der Waals surface area contributed by atoms with Crippen molar-refractivity contribution in [3.05, 3.63) is 113 Å². The van der Waals surface area contributed by atoms with E-state index in [2.05, 4.69) is 38.8 Å². The Hall–Kier alpha value is -3.86. The van der Waals surface area contributed by atoms with Crippen LogP contribution in [0.1, 0.15) is 50.3 Å². The summed E-state index contributed by atoms with van der Waals surface area (Å²) in [5.74, 6) is -1.36. The highest BCUT2D eigenvalue weighted by Crippen LogP contribution is 2.45. The number of carbonyl (C=O) groups is 2. The molecular formula is C39H49F2N3O4Si. The molecule has 1 fully saturated rings. The second kappa shape index (κ2) is 14.9. The number of hydrogen-bond donors (Lipinski definition) is 0. The van der Waals surface area contributed by atoms with E-state index in [1.807, 2.05) is 73.8 Å². The van der Waals surface area contributed by atoms with Crippen LogP contribution in [0.25, 0.3) is 5.57 Å². The molecule has 7 nitrogen and oxygen atoms in total. The van der Waals surface area contributed by atoms with Gasteiger partial charge in [-0.1, -0.05) is 81.4 Å². The molecule has 0 saturated carbocycles. The minimum absolute atomic E-state index is 0.0752. The van der Waals surface area contributed by atoms with Crippen LogP contribution in [-0.4, -0.2) is 80.9 Å². The van der Waals surface area contributed by atoms with Crippen LogP contribution < -0.4 is 0 Å². The second-order valence-electron chi connectivity index (χ2n) is 14.8. The van der Waals surface area contributed by atoms with E-state index >= 15 is 4.39 Å². The molecule has 3 aromatic carbocycles. The zero-order chi connectivity index (χ0) is 35.4. The molecule has 0 N–H and O–H groups in total. The van der Waals surface area contributed by atoms with Gasteiger partial charge in [0, 0.05) is 38.3 Å². The number of esters is 1. The topological polar surface area (TPSA) is 62.3 Å². The van der Waals surface area contributed by atoms with E-state index < -0.39 is 25.5 Å². The van der Waals surface area contributed by atoms with Gasteiger partial charge >= 0.3 is 12.0 Å². The third-order valence-corrected chi connectivity index (χ3v) is 14.9. The van der Waals surface area contributed by atoms with Crippen molar-refractivity contribution in [2.24, 2.45) is 0 Å². The molecule has 2 heterocycles. The lowest BCUT2D eigenvalue weighted by Crippen LogP contribution is -2.57. The molecule has 0 bridgehead atoms. The number of carbonyl (C=O) groups excluding carboxylic acids is 2. The van der Waals surface area contributed by atoms with Crippen molar-refractivity contribution in [1.82, 2.24) is 14.7 Å². The van der Waals surface area contributed by atoms with Gasteiger partial charge in [-0.05, 0) is 71.9 Å². The summed E-state index contributed by atoms with van der Waals surface area (Å²) in [6, 6.07) is 22.4. The SMILES string of the molecule is CN(C(=O)N1CC(c2cc(F)ccc2F)=CC1(CO[Si](C)(C)C(C)(C)C)c1ccccc1)C1CCN(CC(=O)OCc2ccccc2)CC1. The van der Waals surface area contributed by atoms with Gasteiger partial charge in [-0.15, -0.1) is 0 Å². The summed E-state index contributed by atoms with van der Waals surface area (Å²) in [4.78, 5) is 32.9. The highest BCUT2D eigenvalue weighted by Gasteiger charge is 2.49. The minimum atomic E-state index is -2.30. The van der Waals surface area contributed by atoms with Gasteiger partial charge in [0.2, 0.25) is 0 Å². The number of amides is 2. The largest absolute Gasteiger partial charge is 0.460 e. The first kappa shape index (κ1) is 36.4. The molecule has 0 radical (unpaired) electrons. The summed E-state index contributed by atoms with van der Waals surface area (Å²) in [6.07, 6.45) is 3.27. The maximum absolute atomic E-state index is 15.3. The van der Waals surface area contributed by atoms with Crippen LogP contribution in [0.4, 0.5) is 13.6 Å². The van der Waals surface area contributed by atoms with Crippen LogP contribution in [0.15, 0.2) is 84.9 Å². The Morgan fingerprint density at radius 2 is 1.59 bits per heavy atom. The van der Waals surface area contributed by atoms with Gasteiger partial charge in [-0.25, -0.2) is 13.6 Å². The fraction of sp³-hybridized carbons (Fsp3) is 0.436. The van der Waals surface area contributed by atoms with Crippen LogP contribution in [0, 0.1) is 11.6 Å². The van der Waals surface area contributed by atoms with Crippen molar-refractivity contribution in [3.63, 3.8) is 0 Å². The van der Waals surface area contributed by atoms with Crippen molar-refractivity contribution in [3.8, 4) is 0 Å². The van der Waals surface area contributed by atoms with Gasteiger partial charge in [0.15, 0.2) is 8.32 Å². The highest BCUT2D eigenvalue weighted by atomic mass is 28.4. The Labute approximate surface area is 290 Å². The molecule has 5 rings (SSSR count). The van der Waals surface area contributed by atoms with Crippen LogP contribution in [0.5, 0.6) is 0 Å². The van der Waals surface area contributed by atoms with E-state index in [0.29, 0.717) is 31.5 Å². The number of rotatable bonds is 10. The van der Waals surface area contributed by atoms with Crippen molar-refractivity contribution >= 4 is 25.9 Å². The minimum Gasteiger partial charge on any atom is -0.460 e. The van der Waals surface area contributed by atoms with Gasteiger partial charge in [0.05, 0.1) is 13.2 Å². The molecule has 1 unspecified atom stereocenters. The molecule has 0 spiro atoms. The fourth-order valence-electron chi connectivity index (χ4n) is 6.32. The van der Waals surface area contributed by atoms with Gasteiger partial charge in [-0.3, -0.25) is 9.69 Å². The molecule has 3 aromatic rings. The summed E-state index contributed by atoms with van der Waals surface area (Å²) in [5.41, 5.74) is 1.39. The van der Waals surface area contributed by atoms with Gasteiger partial charge < -0.3 is 19.0 Å². The van der Waals surface area contributed by atoms with Crippen LogP contribution in [0.2, 0.25) is 18.1 Å². The first-order valence-electron chi connectivity index (χ1n) is 17.0. The number of nitrogens with zero attached hydrogens (tertiary/aromatic N) is 3. The number of urea groups is 1. The van der Waals surface area contributed by atoms with Crippen molar-refractivity contribution < 1.29 is 27.5 Å². The van der Waals surface area contributed by atoms with E-state index in [0.717, 1.165) is 23.3 Å². The molecule has 0 aliphatic carbocycles. The Balaban J connectivity index is 1.37. The first-order valence-corrected chi connectivity index (χ1v) is 19.9. The Morgan fingerprint density at radius 1 is 0.959 bits per heavy atom. The second-order valence-corrected chi connectivity index (χ2v) is 19.6. The van der Waals surface area contributed by atoms with E-state index in [9.17, 15) is 14.0 Å². The average Bonchev–Trinajstić information content (AvgIpc) is 3.48. The predicted molar refractivity (Wildman–Crippen MR) is 191 cm³/mol. The molecular weight excluding hydrogens is 641 g/mol. The zero-order valence-corrected chi connectivity index (χ0v) is 30.5. The Kier molecular flexibility index (Phi) is 11.1. The molecule has 1 saturated heterocycles. The number of ether oxygens (including phenoxy) is 1. The molecule has 2 aliphatic rings. The van der Waals surface area contributed by atoms with Crippen molar-refractivity contribution in [1.29, 1.82) is 0 Å².